The van der Waals surface area contributed by atoms with Crippen molar-refractivity contribution in [3.8, 4) is 11.5 Å². The van der Waals surface area contributed by atoms with E-state index in [1.807, 2.05) is 24.3 Å². The van der Waals surface area contributed by atoms with Gasteiger partial charge in [-0.15, -0.1) is 0 Å². The van der Waals surface area contributed by atoms with Crippen LogP contribution in [0.5, 0.6) is 11.5 Å². The lowest BCUT2D eigenvalue weighted by Gasteiger charge is -2.29. The highest BCUT2D eigenvalue weighted by molar-refractivity contribution is 6.30. The predicted octanol–water partition coefficient (Wildman–Crippen LogP) is 3.90. The van der Waals surface area contributed by atoms with Crippen LogP contribution >= 0.6 is 11.6 Å². The molecule has 3 rings (SSSR count). The topological polar surface area (TPSA) is 50.8 Å². The molecule has 1 heterocycles. The third-order valence-electron chi connectivity index (χ3n) is 4.85. The summed E-state index contributed by atoms with van der Waals surface area (Å²) in [6.07, 6.45) is 1.81. The van der Waals surface area contributed by atoms with Gasteiger partial charge in [0.1, 0.15) is 17.6 Å². The molecule has 0 saturated carbocycles. The Labute approximate surface area is 171 Å². The molecule has 1 saturated heterocycles. The molecule has 0 bridgehead atoms. The standard InChI is InChI=1S/C22H27ClN2O3/c1-16(27-19-9-5-18(23)6-10-19)22(26)24-15-17-3-7-20(8-4-17)28-21-11-13-25(2)14-12-21/h3-10,16,21H,11-15H2,1-2H3,(H,24,26). The van der Waals surface area contributed by atoms with E-state index in [0.717, 1.165) is 37.2 Å². The van der Waals surface area contributed by atoms with Crippen molar-refractivity contribution in [3.05, 3.63) is 59.1 Å². The number of hydrogen-bond donors (Lipinski definition) is 1. The summed E-state index contributed by atoms with van der Waals surface area (Å²) in [5.41, 5.74) is 1.02. The van der Waals surface area contributed by atoms with Crippen LogP contribution in [0.3, 0.4) is 0 Å². The molecule has 1 fully saturated rings. The molecular weight excluding hydrogens is 376 g/mol. The van der Waals surface area contributed by atoms with Gasteiger partial charge >= 0.3 is 0 Å². The van der Waals surface area contributed by atoms with Crippen molar-refractivity contribution in [1.82, 2.24) is 10.2 Å². The third kappa shape index (κ3) is 6.14. The monoisotopic (exact) mass is 402 g/mol. The highest BCUT2D eigenvalue weighted by Gasteiger charge is 2.18. The Morgan fingerprint density at radius 1 is 1.11 bits per heavy atom. The first-order valence-corrected chi connectivity index (χ1v) is 10.0. The van der Waals surface area contributed by atoms with E-state index in [4.69, 9.17) is 21.1 Å². The number of halogens is 1. The molecule has 0 aromatic heterocycles. The second-order valence-electron chi connectivity index (χ2n) is 7.20. The number of carbonyl (C=O) groups excluding carboxylic acids is 1. The SMILES string of the molecule is CC(Oc1ccc(Cl)cc1)C(=O)NCc1ccc(OC2CCN(C)CC2)cc1. The lowest BCUT2D eigenvalue weighted by molar-refractivity contribution is -0.127. The van der Waals surface area contributed by atoms with Crippen LogP contribution in [-0.4, -0.2) is 43.2 Å². The molecular formula is C22H27ClN2O3. The molecule has 2 aromatic carbocycles. The van der Waals surface area contributed by atoms with Crippen LogP contribution in [0.1, 0.15) is 25.3 Å². The Hall–Kier alpha value is -2.24. The van der Waals surface area contributed by atoms with Crippen LogP contribution < -0.4 is 14.8 Å². The van der Waals surface area contributed by atoms with Gasteiger partial charge in [-0.1, -0.05) is 23.7 Å². The number of likely N-dealkylation sites (tertiary alicyclic amines) is 1. The van der Waals surface area contributed by atoms with Gasteiger partial charge in [-0.25, -0.2) is 0 Å². The van der Waals surface area contributed by atoms with Gasteiger partial charge < -0.3 is 19.7 Å². The highest BCUT2D eigenvalue weighted by atomic mass is 35.5. The molecule has 1 atom stereocenters. The molecule has 0 aliphatic carbocycles. The second kappa shape index (κ2) is 9.80. The molecule has 6 heteroatoms. The minimum absolute atomic E-state index is 0.165. The number of amides is 1. The van der Waals surface area contributed by atoms with Gasteiger partial charge in [0.2, 0.25) is 0 Å². The van der Waals surface area contributed by atoms with Crippen molar-refractivity contribution >= 4 is 17.5 Å². The van der Waals surface area contributed by atoms with Crippen LogP contribution in [0, 0.1) is 0 Å². The molecule has 1 aliphatic heterocycles. The first-order valence-electron chi connectivity index (χ1n) is 9.63. The molecule has 1 N–H and O–H groups in total. The fraction of sp³-hybridized carbons (Fsp3) is 0.409. The summed E-state index contributed by atoms with van der Waals surface area (Å²) in [6, 6.07) is 14.9. The molecule has 1 unspecified atom stereocenters. The fourth-order valence-corrected chi connectivity index (χ4v) is 3.21. The average molecular weight is 403 g/mol. The predicted molar refractivity (Wildman–Crippen MR) is 111 cm³/mol. The zero-order valence-corrected chi connectivity index (χ0v) is 17.1. The largest absolute Gasteiger partial charge is 0.490 e. The molecule has 0 spiro atoms. The number of carbonyl (C=O) groups is 1. The van der Waals surface area contributed by atoms with Crippen molar-refractivity contribution in [2.45, 2.75) is 38.5 Å². The maximum atomic E-state index is 12.3. The highest BCUT2D eigenvalue weighted by Crippen LogP contribution is 2.19. The first kappa shape index (κ1) is 20.5. The Morgan fingerprint density at radius 2 is 1.71 bits per heavy atom. The summed E-state index contributed by atoms with van der Waals surface area (Å²) in [5.74, 6) is 1.33. The molecule has 28 heavy (non-hydrogen) atoms. The van der Waals surface area contributed by atoms with Crippen LogP contribution in [0.25, 0.3) is 0 Å². The minimum Gasteiger partial charge on any atom is -0.490 e. The maximum Gasteiger partial charge on any atom is 0.261 e. The summed E-state index contributed by atoms with van der Waals surface area (Å²) < 4.78 is 11.7. The van der Waals surface area contributed by atoms with Crippen molar-refractivity contribution in [2.75, 3.05) is 20.1 Å². The molecule has 0 radical (unpaired) electrons. The summed E-state index contributed by atoms with van der Waals surface area (Å²) >= 11 is 5.85. The zero-order valence-electron chi connectivity index (χ0n) is 16.4. The number of nitrogens with one attached hydrogen (secondary N) is 1. The number of piperidine rings is 1. The minimum atomic E-state index is -0.590. The van der Waals surface area contributed by atoms with Gasteiger partial charge in [0, 0.05) is 24.7 Å². The van der Waals surface area contributed by atoms with Gasteiger partial charge in [-0.05, 0) is 68.8 Å². The summed E-state index contributed by atoms with van der Waals surface area (Å²) in [6.45, 7) is 4.32. The lowest BCUT2D eigenvalue weighted by atomic mass is 10.1. The Kier molecular flexibility index (Phi) is 7.18. The average Bonchev–Trinajstić information content (AvgIpc) is 2.70. The van der Waals surface area contributed by atoms with E-state index in [0.29, 0.717) is 17.3 Å². The van der Waals surface area contributed by atoms with Crippen molar-refractivity contribution in [3.63, 3.8) is 0 Å². The van der Waals surface area contributed by atoms with Crippen LogP contribution in [0.15, 0.2) is 48.5 Å². The second-order valence-corrected chi connectivity index (χ2v) is 7.63. The van der Waals surface area contributed by atoms with Gasteiger partial charge in [0.25, 0.3) is 5.91 Å². The van der Waals surface area contributed by atoms with E-state index in [-0.39, 0.29) is 12.0 Å². The molecule has 5 nitrogen and oxygen atoms in total. The van der Waals surface area contributed by atoms with E-state index in [2.05, 4.69) is 17.3 Å². The third-order valence-corrected chi connectivity index (χ3v) is 5.11. The van der Waals surface area contributed by atoms with Crippen LogP contribution in [0.4, 0.5) is 0 Å². The Morgan fingerprint density at radius 3 is 2.36 bits per heavy atom. The van der Waals surface area contributed by atoms with Crippen LogP contribution in [-0.2, 0) is 11.3 Å². The zero-order chi connectivity index (χ0) is 19.9. The van der Waals surface area contributed by atoms with Gasteiger partial charge in [0.05, 0.1) is 0 Å². The number of nitrogens with zero attached hydrogens (tertiary/aromatic N) is 1. The normalized spacial score (nSPS) is 16.4. The molecule has 1 amide bonds. The molecule has 1 aliphatic rings. The quantitative estimate of drug-likeness (QED) is 0.763. The molecule has 150 valence electrons. The summed E-state index contributed by atoms with van der Waals surface area (Å²) in [4.78, 5) is 14.6. The maximum absolute atomic E-state index is 12.3. The summed E-state index contributed by atoms with van der Waals surface area (Å²) in [7, 11) is 2.14. The van der Waals surface area contributed by atoms with Gasteiger partial charge in [-0.2, -0.15) is 0 Å². The Bertz CT molecular complexity index is 756. The Balaban J connectivity index is 1.43. The number of benzene rings is 2. The number of hydrogen-bond acceptors (Lipinski definition) is 4. The van der Waals surface area contributed by atoms with E-state index in [1.165, 1.54) is 0 Å². The van der Waals surface area contributed by atoms with E-state index in [1.54, 1.807) is 31.2 Å². The summed E-state index contributed by atoms with van der Waals surface area (Å²) in [5, 5.41) is 3.53. The lowest BCUT2D eigenvalue weighted by Crippen LogP contribution is -2.36. The first-order chi connectivity index (χ1) is 13.5. The van der Waals surface area contributed by atoms with E-state index < -0.39 is 6.10 Å². The number of ether oxygens (including phenoxy) is 2. The van der Waals surface area contributed by atoms with Crippen molar-refractivity contribution in [1.29, 1.82) is 0 Å². The smallest absolute Gasteiger partial charge is 0.261 e. The fourth-order valence-electron chi connectivity index (χ4n) is 3.08. The molecule has 2 aromatic rings. The van der Waals surface area contributed by atoms with Gasteiger partial charge in [0.15, 0.2) is 6.10 Å². The van der Waals surface area contributed by atoms with Crippen molar-refractivity contribution in [2.24, 2.45) is 0 Å². The van der Waals surface area contributed by atoms with Gasteiger partial charge in [-0.3, -0.25) is 4.79 Å². The van der Waals surface area contributed by atoms with Crippen molar-refractivity contribution < 1.29 is 14.3 Å². The van der Waals surface area contributed by atoms with Crippen LogP contribution in [0.2, 0.25) is 5.02 Å². The van der Waals surface area contributed by atoms with E-state index in [9.17, 15) is 4.79 Å². The number of rotatable bonds is 7. The van der Waals surface area contributed by atoms with E-state index >= 15 is 0 Å².